The van der Waals surface area contributed by atoms with E-state index in [9.17, 15) is 18.4 Å². The summed E-state index contributed by atoms with van der Waals surface area (Å²) in [5.74, 6) is -3.61. The molecule has 108 valence electrons. The number of halogens is 3. The molecule has 0 unspecified atom stereocenters. The minimum Gasteiger partial charge on any atom is -0.478 e. The second-order valence-electron chi connectivity index (χ2n) is 4.08. The first-order chi connectivity index (χ1) is 9.88. The quantitative estimate of drug-likeness (QED) is 0.882. The van der Waals surface area contributed by atoms with E-state index >= 15 is 0 Å². The molecule has 2 aromatic carbocycles. The molecule has 0 fully saturated rings. The molecule has 2 N–H and O–H groups in total. The van der Waals surface area contributed by atoms with Crippen molar-refractivity contribution in [1.29, 1.82) is 0 Å². The van der Waals surface area contributed by atoms with Crippen LogP contribution in [0.15, 0.2) is 40.9 Å². The van der Waals surface area contributed by atoms with Crippen LogP contribution in [0.25, 0.3) is 0 Å². The number of rotatable bonds is 3. The van der Waals surface area contributed by atoms with Crippen molar-refractivity contribution in [3.63, 3.8) is 0 Å². The van der Waals surface area contributed by atoms with E-state index in [1.54, 1.807) is 0 Å². The van der Waals surface area contributed by atoms with Gasteiger partial charge in [-0.25, -0.2) is 13.6 Å². The van der Waals surface area contributed by atoms with Gasteiger partial charge >= 0.3 is 5.97 Å². The highest BCUT2D eigenvalue weighted by molar-refractivity contribution is 9.10. The summed E-state index contributed by atoms with van der Waals surface area (Å²) >= 11 is 2.95. The molecular weight excluding hydrogens is 348 g/mol. The van der Waals surface area contributed by atoms with Crippen molar-refractivity contribution in [2.24, 2.45) is 0 Å². The normalized spacial score (nSPS) is 10.2. The number of carboxylic acid groups (broad SMARTS) is 1. The Labute approximate surface area is 126 Å². The number of hydrogen-bond donors (Lipinski definition) is 2. The van der Waals surface area contributed by atoms with Crippen molar-refractivity contribution in [2.75, 3.05) is 5.32 Å². The maximum atomic E-state index is 13.6. The van der Waals surface area contributed by atoms with E-state index in [1.807, 2.05) is 0 Å². The molecule has 0 saturated heterocycles. The number of carboxylic acids is 1. The predicted octanol–water partition coefficient (Wildman–Crippen LogP) is 3.68. The lowest BCUT2D eigenvalue weighted by molar-refractivity contribution is 0.0697. The van der Waals surface area contributed by atoms with Crippen molar-refractivity contribution in [1.82, 2.24) is 0 Å². The molecule has 7 heteroatoms. The van der Waals surface area contributed by atoms with Crippen molar-refractivity contribution in [3.05, 3.63) is 63.6 Å². The molecule has 0 bridgehead atoms. The van der Waals surface area contributed by atoms with E-state index in [0.717, 1.165) is 12.1 Å². The standard InChI is InChI=1S/C14H8BrF2NO3/c15-10-5-9(16)6-11(17)12(10)18-13(19)7-2-1-3-8(4-7)14(20)21/h1-6H,(H,18,19)(H,20,21). The molecule has 0 aliphatic heterocycles. The summed E-state index contributed by atoms with van der Waals surface area (Å²) in [7, 11) is 0. The van der Waals surface area contributed by atoms with Gasteiger partial charge in [-0.05, 0) is 40.2 Å². The highest BCUT2D eigenvalue weighted by Gasteiger charge is 2.15. The lowest BCUT2D eigenvalue weighted by Gasteiger charge is -2.09. The zero-order valence-electron chi connectivity index (χ0n) is 10.4. The van der Waals surface area contributed by atoms with Crippen LogP contribution < -0.4 is 5.32 Å². The van der Waals surface area contributed by atoms with E-state index in [2.05, 4.69) is 21.2 Å². The molecule has 0 atom stereocenters. The monoisotopic (exact) mass is 355 g/mol. The van der Waals surface area contributed by atoms with Crippen molar-refractivity contribution >= 4 is 33.5 Å². The lowest BCUT2D eigenvalue weighted by Crippen LogP contribution is -2.14. The fourth-order valence-corrected chi connectivity index (χ4v) is 2.15. The fraction of sp³-hybridized carbons (Fsp3) is 0. The average Bonchev–Trinajstić information content (AvgIpc) is 2.42. The number of benzene rings is 2. The van der Waals surface area contributed by atoms with Gasteiger partial charge in [0.05, 0.1) is 11.3 Å². The minimum absolute atomic E-state index is 0.0442. The molecular formula is C14H8BrF2NO3. The van der Waals surface area contributed by atoms with Gasteiger partial charge in [-0.15, -0.1) is 0 Å². The van der Waals surface area contributed by atoms with Crippen LogP contribution in [0.2, 0.25) is 0 Å². The molecule has 0 spiro atoms. The molecule has 4 nitrogen and oxygen atoms in total. The van der Waals surface area contributed by atoms with Gasteiger partial charge in [0.15, 0.2) is 5.82 Å². The van der Waals surface area contributed by atoms with Crippen molar-refractivity contribution in [2.45, 2.75) is 0 Å². The van der Waals surface area contributed by atoms with Crippen LogP contribution in [0, 0.1) is 11.6 Å². The molecule has 0 radical (unpaired) electrons. The molecule has 0 aromatic heterocycles. The number of anilines is 1. The summed E-state index contributed by atoms with van der Waals surface area (Å²) in [6, 6.07) is 6.91. The summed E-state index contributed by atoms with van der Waals surface area (Å²) in [6.07, 6.45) is 0. The minimum atomic E-state index is -1.18. The Bertz CT molecular complexity index is 711. The van der Waals surface area contributed by atoms with Crippen LogP contribution in [-0.2, 0) is 0 Å². The van der Waals surface area contributed by atoms with Crippen LogP contribution in [0.5, 0.6) is 0 Å². The largest absolute Gasteiger partial charge is 0.478 e. The Morgan fingerprint density at radius 3 is 2.38 bits per heavy atom. The van der Waals surface area contributed by atoms with Crippen LogP contribution in [0.4, 0.5) is 14.5 Å². The van der Waals surface area contributed by atoms with Gasteiger partial charge in [0.1, 0.15) is 5.82 Å². The van der Waals surface area contributed by atoms with Crippen LogP contribution in [0.1, 0.15) is 20.7 Å². The number of carbonyl (C=O) groups is 2. The van der Waals surface area contributed by atoms with Crippen LogP contribution in [0.3, 0.4) is 0 Å². The van der Waals surface area contributed by atoms with E-state index in [-0.39, 0.29) is 21.3 Å². The number of hydrogen-bond acceptors (Lipinski definition) is 2. The highest BCUT2D eigenvalue weighted by Crippen LogP contribution is 2.27. The van der Waals surface area contributed by atoms with Gasteiger partial charge in [-0.1, -0.05) is 6.07 Å². The van der Waals surface area contributed by atoms with Crippen LogP contribution in [-0.4, -0.2) is 17.0 Å². The molecule has 21 heavy (non-hydrogen) atoms. The zero-order valence-corrected chi connectivity index (χ0v) is 11.9. The first kappa shape index (κ1) is 15.1. The Morgan fingerprint density at radius 2 is 1.76 bits per heavy atom. The van der Waals surface area contributed by atoms with Crippen LogP contribution >= 0.6 is 15.9 Å². The molecule has 0 saturated carbocycles. The first-order valence-corrected chi connectivity index (χ1v) is 6.47. The molecule has 2 rings (SSSR count). The van der Waals surface area contributed by atoms with Gasteiger partial charge in [0.25, 0.3) is 5.91 Å². The maximum Gasteiger partial charge on any atom is 0.335 e. The smallest absolute Gasteiger partial charge is 0.335 e. The van der Waals surface area contributed by atoms with Gasteiger partial charge in [0, 0.05) is 16.1 Å². The van der Waals surface area contributed by atoms with Crippen molar-refractivity contribution < 1.29 is 23.5 Å². The summed E-state index contributed by atoms with van der Waals surface area (Å²) < 4.78 is 26.6. The summed E-state index contributed by atoms with van der Waals surface area (Å²) in [5, 5.41) is 11.1. The van der Waals surface area contributed by atoms with Gasteiger partial charge in [-0.3, -0.25) is 4.79 Å². The SMILES string of the molecule is O=C(O)c1cccc(C(=O)Nc2c(F)cc(F)cc2Br)c1. The van der Waals surface area contributed by atoms with E-state index in [0.29, 0.717) is 6.07 Å². The van der Waals surface area contributed by atoms with Gasteiger partial charge in [-0.2, -0.15) is 0 Å². The topological polar surface area (TPSA) is 66.4 Å². The molecule has 2 aromatic rings. The Morgan fingerprint density at radius 1 is 1.10 bits per heavy atom. The zero-order chi connectivity index (χ0) is 15.6. The third kappa shape index (κ3) is 3.43. The van der Waals surface area contributed by atoms with Gasteiger partial charge < -0.3 is 10.4 Å². The number of nitrogens with one attached hydrogen (secondary N) is 1. The summed E-state index contributed by atoms with van der Waals surface area (Å²) in [6.45, 7) is 0. The van der Waals surface area contributed by atoms with E-state index in [4.69, 9.17) is 5.11 Å². The first-order valence-electron chi connectivity index (χ1n) is 5.67. The van der Waals surface area contributed by atoms with E-state index in [1.165, 1.54) is 18.2 Å². The summed E-state index contributed by atoms with van der Waals surface area (Å²) in [5.41, 5.74) is -0.242. The number of carbonyl (C=O) groups excluding carboxylic acids is 1. The second-order valence-corrected chi connectivity index (χ2v) is 4.94. The number of aromatic carboxylic acids is 1. The lowest BCUT2D eigenvalue weighted by atomic mass is 10.1. The highest BCUT2D eigenvalue weighted by atomic mass is 79.9. The number of amides is 1. The molecule has 0 heterocycles. The Kier molecular flexibility index (Phi) is 4.32. The molecule has 0 aliphatic rings. The van der Waals surface area contributed by atoms with Crippen molar-refractivity contribution in [3.8, 4) is 0 Å². The second kappa shape index (κ2) is 6.01. The summed E-state index contributed by atoms with van der Waals surface area (Å²) in [4.78, 5) is 22.8. The Balaban J connectivity index is 2.30. The fourth-order valence-electron chi connectivity index (χ4n) is 1.64. The Hall–Kier alpha value is -2.28. The predicted molar refractivity (Wildman–Crippen MR) is 75.4 cm³/mol. The van der Waals surface area contributed by atoms with Gasteiger partial charge in [0.2, 0.25) is 0 Å². The van der Waals surface area contributed by atoms with E-state index < -0.39 is 23.5 Å². The average molecular weight is 356 g/mol. The third-order valence-electron chi connectivity index (χ3n) is 2.62. The molecule has 0 aliphatic carbocycles. The third-order valence-corrected chi connectivity index (χ3v) is 3.24. The maximum absolute atomic E-state index is 13.6. The molecule has 1 amide bonds.